The van der Waals surface area contributed by atoms with Crippen LogP contribution in [0.25, 0.3) is 0 Å². The number of carbonyl (C=O) groups excluding carboxylic acids is 1. The van der Waals surface area contributed by atoms with Gasteiger partial charge in [0, 0.05) is 19.8 Å². The average Bonchev–Trinajstić information content (AvgIpc) is 2.69. The number of fused-ring (bicyclic) bond motifs is 1. The van der Waals surface area contributed by atoms with Gasteiger partial charge in [0.05, 0.1) is 30.3 Å². The van der Waals surface area contributed by atoms with Crippen molar-refractivity contribution in [2.75, 3.05) is 12.4 Å². The van der Waals surface area contributed by atoms with Gasteiger partial charge < -0.3 is 19.9 Å². The topological polar surface area (TPSA) is 112 Å². The maximum atomic E-state index is 13.1. The first-order chi connectivity index (χ1) is 14.1. The van der Waals surface area contributed by atoms with E-state index in [1.54, 1.807) is 40.0 Å². The number of rotatable bonds is 4. The molecule has 2 N–H and O–H groups in total. The van der Waals surface area contributed by atoms with E-state index in [-0.39, 0.29) is 28.7 Å². The smallest absolute Gasteiger partial charge is 0.337 e. The number of ether oxygens (including phenoxy) is 2. The number of nitrogens with zero attached hydrogens (tertiary/aromatic N) is 2. The van der Waals surface area contributed by atoms with Crippen LogP contribution >= 0.6 is 0 Å². The highest BCUT2D eigenvalue weighted by Gasteiger charge is 2.38. The number of allylic oxidation sites excluding steroid dienone is 1. The molecule has 9 nitrogen and oxygen atoms in total. The van der Waals surface area contributed by atoms with Crippen molar-refractivity contribution in [2.24, 2.45) is 14.1 Å². The highest BCUT2D eigenvalue weighted by molar-refractivity contribution is 5.94. The van der Waals surface area contributed by atoms with Crippen molar-refractivity contribution >= 4 is 11.8 Å². The average molecular weight is 415 g/mol. The molecule has 2 heterocycles. The van der Waals surface area contributed by atoms with E-state index in [9.17, 15) is 19.5 Å². The monoisotopic (exact) mass is 415 g/mol. The van der Waals surface area contributed by atoms with E-state index in [1.807, 2.05) is 0 Å². The number of nitrogens with one attached hydrogen (secondary N) is 1. The van der Waals surface area contributed by atoms with E-state index in [2.05, 4.69) is 5.32 Å². The second kappa shape index (κ2) is 7.74. The summed E-state index contributed by atoms with van der Waals surface area (Å²) >= 11 is 0. The summed E-state index contributed by atoms with van der Waals surface area (Å²) < 4.78 is 13.0. The Labute approximate surface area is 173 Å². The molecule has 1 unspecified atom stereocenters. The minimum atomic E-state index is -0.826. The van der Waals surface area contributed by atoms with Gasteiger partial charge >= 0.3 is 11.7 Å². The van der Waals surface area contributed by atoms with Crippen LogP contribution in [0.15, 0.2) is 39.1 Å². The lowest BCUT2D eigenvalue weighted by molar-refractivity contribution is -0.143. The van der Waals surface area contributed by atoms with Crippen LogP contribution in [0.3, 0.4) is 0 Å². The molecular formula is C21H25N3O6. The second-order valence-corrected chi connectivity index (χ2v) is 7.45. The van der Waals surface area contributed by atoms with Gasteiger partial charge in [-0.25, -0.2) is 9.59 Å². The van der Waals surface area contributed by atoms with Crippen molar-refractivity contribution in [3.05, 3.63) is 61.4 Å². The molecule has 3 rings (SSSR count). The number of hydrogen-bond acceptors (Lipinski definition) is 7. The highest BCUT2D eigenvalue weighted by Crippen LogP contribution is 2.42. The molecule has 0 saturated heterocycles. The number of methoxy groups -OCH3 is 1. The van der Waals surface area contributed by atoms with Gasteiger partial charge in [-0.3, -0.25) is 13.9 Å². The number of carbonyl (C=O) groups is 1. The number of hydrogen-bond donors (Lipinski definition) is 2. The zero-order valence-electron chi connectivity index (χ0n) is 17.8. The van der Waals surface area contributed by atoms with Crippen molar-refractivity contribution < 1.29 is 19.4 Å². The molecule has 0 bridgehead atoms. The predicted octanol–water partition coefficient (Wildman–Crippen LogP) is 1.58. The van der Waals surface area contributed by atoms with E-state index in [4.69, 9.17) is 9.47 Å². The van der Waals surface area contributed by atoms with E-state index in [0.717, 1.165) is 4.57 Å². The molecule has 2 aromatic rings. The molecule has 1 aromatic heterocycles. The van der Waals surface area contributed by atoms with Gasteiger partial charge in [-0.05, 0) is 38.5 Å². The third kappa shape index (κ3) is 3.36. The van der Waals surface area contributed by atoms with Crippen LogP contribution in [0.4, 0.5) is 5.82 Å². The van der Waals surface area contributed by atoms with Gasteiger partial charge in [0.15, 0.2) is 11.5 Å². The maximum Gasteiger partial charge on any atom is 0.337 e. The summed E-state index contributed by atoms with van der Waals surface area (Å²) in [6, 6.07) is 4.61. The minimum absolute atomic E-state index is 0.0734. The summed E-state index contributed by atoms with van der Waals surface area (Å²) in [6.45, 7) is 5.16. The molecule has 0 spiro atoms. The Hall–Kier alpha value is -3.49. The number of esters is 1. The number of benzene rings is 1. The van der Waals surface area contributed by atoms with Gasteiger partial charge in [-0.2, -0.15) is 0 Å². The highest BCUT2D eigenvalue weighted by atomic mass is 16.5. The molecule has 9 heteroatoms. The molecule has 1 aromatic carbocycles. The Bertz CT molecular complexity index is 1170. The Morgan fingerprint density at radius 3 is 2.47 bits per heavy atom. The van der Waals surface area contributed by atoms with Crippen LogP contribution < -0.4 is 21.3 Å². The Morgan fingerprint density at radius 1 is 1.20 bits per heavy atom. The summed E-state index contributed by atoms with van der Waals surface area (Å²) in [7, 11) is 4.34. The summed E-state index contributed by atoms with van der Waals surface area (Å²) in [4.78, 5) is 38.6. The largest absolute Gasteiger partial charge is 0.504 e. The summed E-state index contributed by atoms with van der Waals surface area (Å²) in [5, 5.41) is 13.0. The van der Waals surface area contributed by atoms with Crippen LogP contribution in [-0.4, -0.2) is 33.4 Å². The second-order valence-electron chi connectivity index (χ2n) is 7.45. The Morgan fingerprint density at radius 2 is 1.87 bits per heavy atom. The first-order valence-corrected chi connectivity index (χ1v) is 9.44. The quantitative estimate of drug-likeness (QED) is 0.729. The van der Waals surface area contributed by atoms with Gasteiger partial charge in [-0.15, -0.1) is 0 Å². The van der Waals surface area contributed by atoms with Gasteiger partial charge in [0.25, 0.3) is 5.56 Å². The molecule has 0 radical (unpaired) electrons. The summed E-state index contributed by atoms with van der Waals surface area (Å²) in [5.74, 6) is -0.973. The van der Waals surface area contributed by atoms with E-state index >= 15 is 0 Å². The number of phenolic OH excluding ortho intramolecular Hbond substituents is 1. The van der Waals surface area contributed by atoms with Crippen molar-refractivity contribution in [1.82, 2.24) is 9.13 Å². The van der Waals surface area contributed by atoms with E-state index in [0.29, 0.717) is 17.1 Å². The molecule has 1 atom stereocenters. The van der Waals surface area contributed by atoms with Crippen LogP contribution in [0.1, 0.15) is 37.8 Å². The number of phenols is 1. The van der Waals surface area contributed by atoms with Crippen molar-refractivity contribution in [1.29, 1.82) is 0 Å². The Balaban J connectivity index is 2.38. The number of aromatic hydroxyl groups is 1. The molecule has 0 saturated carbocycles. The summed E-state index contributed by atoms with van der Waals surface area (Å²) in [5.41, 5.74) is 0.467. The predicted molar refractivity (Wildman–Crippen MR) is 111 cm³/mol. The molecule has 160 valence electrons. The standard InChI is InChI=1S/C21H25N3O6/c1-10(2)30-20(27)15-11(3)22-18-17(19(26)24(5)21(28)23(18)4)16(15)12-7-8-13(25)14(9-12)29-6/h7-10,16,22,25H,1-6H3. The number of aromatic nitrogens is 2. The minimum Gasteiger partial charge on any atom is -0.504 e. The lowest BCUT2D eigenvalue weighted by atomic mass is 9.82. The van der Waals surface area contributed by atoms with Gasteiger partial charge in [-0.1, -0.05) is 6.07 Å². The van der Waals surface area contributed by atoms with Gasteiger partial charge in [0.1, 0.15) is 5.82 Å². The normalized spacial score (nSPS) is 15.6. The maximum absolute atomic E-state index is 13.1. The zero-order valence-corrected chi connectivity index (χ0v) is 17.8. The third-order valence-electron chi connectivity index (χ3n) is 5.09. The zero-order chi connectivity index (χ0) is 22.3. The SMILES string of the molecule is COc1cc(C2C(C(=O)OC(C)C)=C(C)Nc3c2c(=O)n(C)c(=O)n3C)ccc1O. The molecule has 0 fully saturated rings. The fraction of sp³-hybridized carbons (Fsp3) is 0.381. The fourth-order valence-corrected chi connectivity index (χ4v) is 3.64. The van der Waals surface area contributed by atoms with E-state index in [1.165, 1.54) is 24.8 Å². The van der Waals surface area contributed by atoms with Crippen molar-refractivity contribution in [2.45, 2.75) is 32.8 Å². The first kappa shape index (κ1) is 21.2. The molecule has 1 aliphatic heterocycles. The van der Waals surface area contributed by atoms with Crippen LogP contribution in [0, 0.1) is 0 Å². The third-order valence-corrected chi connectivity index (χ3v) is 5.09. The van der Waals surface area contributed by atoms with Crippen LogP contribution in [0.5, 0.6) is 11.5 Å². The van der Waals surface area contributed by atoms with Crippen molar-refractivity contribution in [3.63, 3.8) is 0 Å². The fourth-order valence-electron chi connectivity index (χ4n) is 3.64. The Kier molecular flexibility index (Phi) is 5.47. The lowest BCUT2D eigenvalue weighted by Crippen LogP contribution is -2.43. The summed E-state index contributed by atoms with van der Waals surface area (Å²) in [6.07, 6.45) is -0.364. The van der Waals surface area contributed by atoms with Crippen molar-refractivity contribution in [3.8, 4) is 11.5 Å². The molecular weight excluding hydrogens is 390 g/mol. The van der Waals surface area contributed by atoms with E-state index < -0.39 is 23.1 Å². The van der Waals surface area contributed by atoms with Gasteiger partial charge in [0.2, 0.25) is 0 Å². The molecule has 0 aliphatic carbocycles. The molecule has 1 aliphatic rings. The van der Waals surface area contributed by atoms with Crippen LogP contribution in [0.2, 0.25) is 0 Å². The number of anilines is 1. The molecule has 0 amide bonds. The lowest BCUT2D eigenvalue weighted by Gasteiger charge is -2.31. The van der Waals surface area contributed by atoms with Crippen LogP contribution in [-0.2, 0) is 23.6 Å². The first-order valence-electron chi connectivity index (χ1n) is 9.44. The molecule has 30 heavy (non-hydrogen) atoms.